The normalized spacial score (nSPS) is 9.50. The molecule has 0 atom stereocenters. The van der Waals surface area contributed by atoms with E-state index in [1.807, 2.05) is 0 Å². The van der Waals surface area contributed by atoms with Crippen LogP contribution in [-0.2, 0) is 5.33 Å². The molecule has 0 radical (unpaired) electrons. The summed E-state index contributed by atoms with van der Waals surface area (Å²) in [5.74, 6) is -1.14. The van der Waals surface area contributed by atoms with Crippen LogP contribution in [0.3, 0.4) is 0 Å². The average molecular weight is 275 g/mol. The van der Waals surface area contributed by atoms with Crippen LogP contribution in [0.4, 0.5) is 0 Å². The van der Waals surface area contributed by atoms with Gasteiger partial charge in [0.05, 0.1) is 16.1 Å². The number of benzene rings is 1. The van der Waals surface area contributed by atoms with Crippen LogP contribution in [0.1, 0.15) is 21.5 Å². The van der Waals surface area contributed by atoms with E-state index in [2.05, 4.69) is 15.9 Å². The maximum Gasteiger partial charge on any atom is 0.337 e. The number of carbonyl (C=O) groups is 1. The van der Waals surface area contributed by atoms with Crippen molar-refractivity contribution in [3.8, 4) is 6.07 Å². The van der Waals surface area contributed by atoms with Gasteiger partial charge in [0.15, 0.2) is 0 Å². The van der Waals surface area contributed by atoms with Crippen LogP contribution in [0.15, 0.2) is 12.1 Å². The molecule has 14 heavy (non-hydrogen) atoms. The highest BCUT2D eigenvalue weighted by Gasteiger charge is 2.17. The van der Waals surface area contributed by atoms with Crippen molar-refractivity contribution in [2.24, 2.45) is 0 Å². The Hall–Kier alpha value is -1.05. The zero-order chi connectivity index (χ0) is 10.7. The molecule has 0 saturated heterocycles. The van der Waals surface area contributed by atoms with Gasteiger partial charge in [-0.25, -0.2) is 4.79 Å². The predicted molar refractivity (Wildman–Crippen MR) is 55.8 cm³/mol. The zero-order valence-electron chi connectivity index (χ0n) is 6.92. The van der Waals surface area contributed by atoms with Gasteiger partial charge in [0.25, 0.3) is 0 Å². The first kappa shape index (κ1) is 11.0. The molecule has 72 valence electrons. The Morgan fingerprint density at radius 3 is 2.71 bits per heavy atom. The van der Waals surface area contributed by atoms with E-state index in [4.69, 9.17) is 22.0 Å². The molecule has 0 heterocycles. The van der Waals surface area contributed by atoms with E-state index >= 15 is 0 Å². The summed E-state index contributed by atoms with van der Waals surface area (Å²) in [5, 5.41) is 18.2. The van der Waals surface area contributed by atoms with Crippen molar-refractivity contribution in [2.75, 3.05) is 0 Å². The molecule has 0 unspecified atom stereocenters. The number of hydrogen-bond donors (Lipinski definition) is 1. The lowest BCUT2D eigenvalue weighted by atomic mass is 10.0. The summed E-state index contributed by atoms with van der Waals surface area (Å²) in [6, 6.07) is 4.89. The third kappa shape index (κ3) is 1.89. The third-order valence-corrected chi connectivity index (χ3v) is 2.63. The molecule has 1 rings (SSSR count). The molecule has 0 aliphatic heterocycles. The summed E-state index contributed by atoms with van der Waals surface area (Å²) in [4.78, 5) is 10.9. The fourth-order valence-corrected chi connectivity index (χ4v) is 1.75. The van der Waals surface area contributed by atoms with Gasteiger partial charge in [0.1, 0.15) is 6.07 Å². The molecule has 1 aromatic carbocycles. The van der Waals surface area contributed by atoms with E-state index in [-0.39, 0.29) is 16.1 Å². The molecule has 0 saturated carbocycles. The lowest BCUT2D eigenvalue weighted by Crippen LogP contribution is -2.05. The van der Waals surface area contributed by atoms with Crippen LogP contribution in [-0.4, -0.2) is 11.1 Å². The van der Waals surface area contributed by atoms with Crippen LogP contribution in [0, 0.1) is 11.3 Å². The third-order valence-electron chi connectivity index (χ3n) is 1.71. The fraction of sp³-hybridized carbons (Fsp3) is 0.111. The molecule has 0 aromatic heterocycles. The second kappa shape index (κ2) is 4.45. The molecule has 1 N–H and O–H groups in total. The van der Waals surface area contributed by atoms with E-state index in [0.717, 1.165) is 0 Å². The van der Waals surface area contributed by atoms with Crippen LogP contribution in [0.2, 0.25) is 5.02 Å². The first-order valence-electron chi connectivity index (χ1n) is 3.62. The first-order valence-corrected chi connectivity index (χ1v) is 5.12. The Kier molecular flexibility index (Phi) is 3.50. The minimum atomic E-state index is -1.14. The highest BCUT2D eigenvalue weighted by molar-refractivity contribution is 9.08. The molecule has 0 spiro atoms. The molecular weight excluding hydrogens is 269 g/mol. The van der Waals surface area contributed by atoms with Crippen LogP contribution in [0.5, 0.6) is 0 Å². The quantitative estimate of drug-likeness (QED) is 0.844. The second-order valence-electron chi connectivity index (χ2n) is 2.51. The monoisotopic (exact) mass is 273 g/mol. The summed E-state index contributed by atoms with van der Waals surface area (Å²) in [6.07, 6.45) is 0. The van der Waals surface area contributed by atoms with Crippen molar-refractivity contribution >= 4 is 33.5 Å². The van der Waals surface area contributed by atoms with Gasteiger partial charge in [-0.05, 0) is 11.6 Å². The van der Waals surface area contributed by atoms with Gasteiger partial charge in [-0.2, -0.15) is 5.26 Å². The molecule has 0 bridgehead atoms. The Balaban J connectivity index is 3.54. The minimum Gasteiger partial charge on any atom is -0.478 e. The van der Waals surface area contributed by atoms with Crippen molar-refractivity contribution in [2.45, 2.75) is 5.33 Å². The largest absolute Gasteiger partial charge is 0.478 e. The number of carboxylic acids is 1. The minimum absolute atomic E-state index is 0.0103. The Morgan fingerprint density at radius 1 is 1.64 bits per heavy atom. The van der Waals surface area contributed by atoms with E-state index < -0.39 is 5.97 Å². The lowest BCUT2D eigenvalue weighted by Gasteiger charge is -2.05. The average Bonchev–Trinajstić information content (AvgIpc) is 2.17. The highest BCUT2D eigenvalue weighted by Crippen LogP contribution is 2.24. The number of halogens is 2. The maximum absolute atomic E-state index is 10.9. The number of rotatable bonds is 2. The SMILES string of the molecule is N#Cc1c(Cl)ccc(CBr)c1C(=O)O. The van der Waals surface area contributed by atoms with E-state index in [1.165, 1.54) is 6.07 Å². The van der Waals surface area contributed by atoms with Crippen molar-refractivity contribution in [1.82, 2.24) is 0 Å². The predicted octanol–water partition coefficient (Wildman–Crippen LogP) is 2.80. The van der Waals surface area contributed by atoms with E-state index in [1.54, 1.807) is 12.1 Å². The van der Waals surface area contributed by atoms with Crippen LogP contribution < -0.4 is 0 Å². The lowest BCUT2D eigenvalue weighted by molar-refractivity contribution is 0.0695. The van der Waals surface area contributed by atoms with Crippen LogP contribution in [0.25, 0.3) is 0 Å². The molecule has 1 aromatic rings. The highest BCUT2D eigenvalue weighted by atomic mass is 79.9. The first-order chi connectivity index (χ1) is 6.61. The second-order valence-corrected chi connectivity index (χ2v) is 3.48. The Morgan fingerprint density at radius 2 is 2.29 bits per heavy atom. The smallest absolute Gasteiger partial charge is 0.337 e. The van der Waals surface area contributed by atoms with Gasteiger partial charge in [0.2, 0.25) is 0 Å². The van der Waals surface area contributed by atoms with E-state index in [9.17, 15) is 4.79 Å². The zero-order valence-corrected chi connectivity index (χ0v) is 9.26. The molecule has 3 nitrogen and oxygen atoms in total. The number of nitrogens with zero attached hydrogens (tertiary/aromatic N) is 1. The maximum atomic E-state index is 10.9. The van der Waals surface area contributed by atoms with Gasteiger partial charge in [0, 0.05) is 5.33 Å². The number of alkyl halides is 1. The van der Waals surface area contributed by atoms with Gasteiger partial charge in [-0.15, -0.1) is 0 Å². The standard InChI is InChI=1S/C9H5BrClNO2/c10-3-5-1-2-7(11)6(4-12)8(5)9(13)14/h1-2H,3H2,(H,13,14). The van der Waals surface area contributed by atoms with Crippen molar-refractivity contribution in [3.05, 3.63) is 33.8 Å². The van der Waals surface area contributed by atoms with Gasteiger partial charge < -0.3 is 5.11 Å². The molecule has 5 heteroatoms. The Labute approximate surface area is 94.0 Å². The van der Waals surface area contributed by atoms with Gasteiger partial charge in [-0.3, -0.25) is 0 Å². The van der Waals surface area contributed by atoms with Crippen molar-refractivity contribution < 1.29 is 9.90 Å². The number of nitriles is 1. The number of carboxylic acid groups (broad SMARTS) is 1. The van der Waals surface area contributed by atoms with Crippen molar-refractivity contribution in [1.29, 1.82) is 5.26 Å². The fourth-order valence-electron chi connectivity index (χ4n) is 1.09. The molecule has 0 fully saturated rings. The van der Waals surface area contributed by atoms with Gasteiger partial charge >= 0.3 is 5.97 Å². The number of aromatic carboxylic acids is 1. The molecule has 0 amide bonds. The van der Waals surface area contributed by atoms with Gasteiger partial charge in [-0.1, -0.05) is 33.6 Å². The van der Waals surface area contributed by atoms with E-state index in [0.29, 0.717) is 10.9 Å². The summed E-state index contributed by atoms with van der Waals surface area (Å²) in [6.45, 7) is 0. The molecule has 0 aliphatic rings. The number of hydrogen-bond acceptors (Lipinski definition) is 2. The van der Waals surface area contributed by atoms with Crippen LogP contribution >= 0.6 is 27.5 Å². The molecular formula is C9H5BrClNO2. The summed E-state index contributed by atoms with van der Waals surface area (Å²) >= 11 is 8.85. The topological polar surface area (TPSA) is 61.1 Å². The summed E-state index contributed by atoms with van der Waals surface area (Å²) in [7, 11) is 0. The summed E-state index contributed by atoms with van der Waals surface area (Å²) in [5.41, 5.74) is 0.520. The summed E-state index contributed by atoms with van der Waals surface area (Å²) < 4.78 is 0. The molecule has 0 aliphatic carbocycles. The van der Waals surface area contributed by atoms with Crippen molar-refractivity contribution in [3.63, 3.8) is 0 Å². The Bertz CT molecular complexity index is 426.